The van der Waals surface area contributed by atoms with Crippen molar-refractivity contribution in [3.05, 3.63) is 91.4 Å². The lowest BCUT2D eigenvalue weighted by Crippen LogP contribution is -2.33. The molecule has 0 spiro atoms. The Labute approximate surface area is 309 Å². The van der Waals surface area contributed by atoms with Crippen molar-refractivity contribution < 1.29 is 49.4 Å². The van der Waals surface area contributed by atoms with Gasteiger partial charge in [-0.05, 0) is 106 Å². The number of hydrogen-bond acceptors (Lipinski definition) is 5. The van der Waals surface area contributed by atoms with Crippen molar-refractivity contribution in [2.24, 2.45) is 5.92 Å². The molecule has 2 atom stereocenters. The minimum absolute atomic E-state index is 0.101. The number of ether oxygens (including phenoxy) is 1. The fourth-order valence-corrected chi connectivity index (χ4v) is 7.04. The summed E-state index contributed by atoms with van der Waals surface area (Å²) < 4.78 is 125. The number of pyridine rings is 1. The number of nitrogens with zero attached hydrogens (tertiary/aromatic N) is 2. The number of esters is 1. The van der Waals surface area contributed by atoms with Gasteiger partial charge in [0.05, 0.1) is 30.2 Å². The molecule has 1 saturated carbocycles. The van der Waals surface area contributed by atoms with Crippen LogP contribution in [-0.4, -0.2) is 48.5 Å². The molecule has 0 radical (unpaired) electrons. The van der Waals surface area contributed by atoms with Gasteiger partial charge in [-0.25, -0.2) is 8.78 Å². The number of carbonyl (C=O) groups excluding carboxylic acids is 2. The minimum Gasteiger partial charge on any atom is -0.466 e. The maximum atomic E-state index is 16.9. The lowest BCUT2D eigenvalue weighted by atomic mass is 9.82. The molecular weight excluding hydrogens is 724 g/mol. The molecule has 2 aromatic carbocycles. The van der Waals surface area contributed by atoms with Crippen molar-refractivity contribution >= 4 is 11.8 Å². The van der Waals surface area contributed by atoms with Crippen molar-refractivity contribution in [2.45, 2.75) is 103 Å². The predicted molar refractivity (Wildman–Crippen MR) is 188 cm³/mol. The Kier molecular flexibility index (Phi) is 13.2. The SMILES string of the molecule is CCOC(=O)C[C@H](CC(=O)C(CC(C)C)n1cc(CCN(C)C)c(C(F)(F)F)cc1=O)c1c(F)c(-c2c(C)cc(C3CC3)cc2C)cc(C(F)(F)F)c1F. The molecule has 0 saturated heterocycles. The number of carbonyl (C=O) groups is 2. The third kappa shape index (κ3) is 9.96. The second kappa shape index (κ2) is 16.7. The summed E-state index contributed by atoms with van der Waals surface area (Å²) in [6.07, 6.45) is -9.51. The number of aryl methyl sites for hydroxylation is 2. The third-order valence-electron chi connectivity index (χ3n) is 9.69. The normalized spacial score (nSPS) is 14.8. The van der Waals surface area contributed by atoms with Crippen molar-refractivity contribution in [1.29, 1.82) is 0 Å². The van der Waals surface area contributed by atoms with Gasteiger partial charge in [-0.2, -0.15) is 26.3 Å². The maximum absolute atomic E-state index is 16.9. The van der Waals surface area contributed by atoms with Crippen LogP contribution in [0.3, 0.4) is 0 Å². The van der Waals surface area contributed by atoms with Crippen LogP contribution < -0.4 is 5.56 Å². The number of halogens is 8. The van der Waals surface area contributed by atoms with Crippen LogP contribution in [0.1, 0.15) is 110 Å². The van der Waals surface area contributed by atoms with E-state index in [0.29, 0.717) is 23.3 Å². The number of aromatic nitrogens is 1. The fraction of sp³-hybridized carbons (Fsp3) is 0.525. The second-order valence-electron chi connectivity index (χ2n) is 14.8. The molecule has 1 aliphatic rings. The molecule has 0 bridgehead atoms. The van der Waals surface area contributed by atoms with Crippen molar-refractivity contribution in [1.82, 2.24) is 9.47 Å². The van der Waals surface area contributed by atoms with Crippen LogP contribution in [0.2, 0.25) is 0 Å². The van der Waals surface area contributed by atoms with E-state index in [4.69, 9.17) is 4.74 Å². The van der Waals surface area contributed by atoms with E-state index in [1.807, 2.05) is 0 Å². The zero-order chi connectivity index (χ0) is 40.4. The predicted octanol–water partition coefficient (Wildman–Crippen LogP) is 9.71. The lowest BCUT2D eigenvalue weighted by Gasteiger charge is -2.27. The van der Waals surface area contributed by atoms with Crippen molar-refractivity contribution in [3.8, 4) is 11.1 Å². The van der Waals surface area contributed by atoms with E-state index in [0.717, 1.165) is 29.2 Å². The Morgan fingerprint density at radius 1 is 0.907 bits per heavy atom. The van der Waals surface area contributed by atoms with E-state index < -0.39 is 88.4 Å². The molecule has 6 nitrogen and oxygen atoms in total. The second-order valence-corrected chi connectivity index (χ2v) is 14.8. The Morgan fingerprint density at radius 3 is 2.00 bits per heavy atom. The zero-order valence-electron chi connectivity index (χ0n) is 31.4. The van der Waals surface area contributed by atoms with E-state index in [-0.39, 0.29) is 49.0 Å². The van der Waals surface area contributed by atoms with Gasteiger partial charge in [0.15, 0.2) is 5.78 Å². The van der Waals surface area contributed by atoms with Gasteiger partial charge >= 0.3 is 18.3 Å². The Bertz CT molecular complexity index is 1900. The molecule has 1 fully saturated rings. The number of rotatable bonds is 15. The highest BCUT2D eigenvalue weighted by Crippen LogP contribution is 2.46. The van der Waals surface area contributed by atoms with E-state index in [1.165, 1.54) is 6.92 Å². The maximum Gasteiger partial charge on any atom is 0.419 e. The van der Waals surface area contributed by atoms with Gasteiger partial charge in [-0.15, -0.1) is 0 Å². The van der Waals surface area contributed by atoms with Gasteiger partial charge in [0.2, 0.25) is 0 Å². The molecule has 0 amide bonds. The van der Waals surface area contributed by atoms with Gasteiger partial charge in [-0.1, -0.05) is 26.0 Å². The molecule has 0 N–H and O–H groups in total. The first kappa shape index (κ1) is 42.7. The van der Waals surface area contributed by atoms with Gasteiger partial charge in [0.1, 0.15) is 11.6 Å². The third-order valence-corrected chi connectivity index (χ3v) is 9.69. The standard InChI is InChI=1S/C40H46F8N2O4/c1-8-54-34(53)17-27(16-32(51)31(13-21(2)3)50-20-25(11-12-49(6)7)29(19-33(50)52)39(43,44)45)36-37(41)28(18-30(38(36)42)40(46,47)48)35-22(4)14-26(15-23(35)5)24-9-10-24/h14-15,18-21,24,27,31H,8-13,16-17H2,1-7H3/t27-,31?/m0/s1. The van der Waals surface area contributed by atoms with Crippen molar-refractivity contribution in [2.75, 3.05) is 27.2 Å². The first-order valence-corrected chi connectivity index (χ1v) is 17.9. The number of alkyl halides is 6. The molecule has 54 heavy (non-hydrogen) atoms. The van der Waals surface area contributed by atoms with Crippen LogP contribution in [0.4, 0.5) is 35.1 Å². The number of ketones is 1. The highest BCUT2D eigenvalue weighted by molar-refractivity contribution is 5.85. The van der Waals surface area contributed by atoms with Crippen LogP contribution in [0, 0.1) is 31.4 Å². The number of likely N-dealkylation sites (N-methyl/N-ethyl adjacent to an activating group) is 1. The first-order valence-electron chi connectivity index (χ1n) is 17.9. The highest BCUT2D eigenvalue weighted by atomic mass is 19.4. The summed E-state index contributed by atoms with van der Waals surface area (Å²) in [6, 6.07) is 2.79. The molecule has 1 aromatic heterocycles. The Hall–Kier alpha value is -4.07. The summed E-state index contributed by atoms with van der Waals surface area (Å²) in [5.74, 6) is -7.29. The quantitative estimate of drug-likeness (QED) is 0.114. The van der Waals surface area contributed by atoms with Crippen LogP contribution in [-0.2, 0) is 33.1 Å². The van der Waals surface area contributed by atoms with Crippen molar-refractivity contribution in [3.63, 3.8) is 0 Å². The van der Waals surface area contributed by atoms with Gasteiger partial charge in [0, 0.05) is 42.3 Å². The highest BCUT2D eigenvalue weighted by Gasteiger charge is 2.41. The molecule has 14 heteroatoms. The molecule has 1 aliphatic carbocycles. The smallest absolute Gasteiger partial charge is 0.419 e. The van der Waals surface area contributed by atoms with E-state index in [9.17, 15) is 40.7 Å². The summed E-state index contributed by atoms with van der Waals surface area (Å²) in [5, 5.41) is 0. The first-order chi connectivity index (χ1) is 25.0. The summed E-state index contributed by atoms with van der Waals surface area (Å²) in [6.45, 7) is 7.98. The molecule has 296 valence electrons. The molecule has 1 unspecified atom stereocenters. The zero-order valence-corrected chi connectivity index (χ0v) is 31.4. The molecule has 3 aromatic rings. The monoisotopic (exact) mass is 770 g/mol. The topological polar surface area (TPSA) is 68.6 Å². The van der Waals surface area contributed by atoms with E-state index in [2.05, 4.69) is 0 Å². The summed E-state index contributed by atoms with van der Waals surface area (Å²) in [5.41, 5.74) is -4.22. The van der Waals surface area contributed by atoms with E-state index in [1.54, 1.807) is 58.8 Å². The van der Waals surface area contributed by atoms with Gasteiger partial charge < -0.3 is 14.2 Å². The summed E-state index contributed by atoms with van der Waals surface area (Å²) in [4.78, 5) is 42.1. The summed E-state index contributed by atoms with van der Waals surface area (Å²) in [7, 11) is 3.28. The van der Waals surface area contributed by atoms with Crippen LogP contribution in [0.15, 0.2) is 35.3 Å². The molecule has 1 heterocycles. The Balaban J connectivity index is 1.93. The number of benzene rings is 2. The average Bonchev–Trinajstić information content (AvgIpc) is 3.88. The van der Waals surface area contributed by atoms with Crippen LogP contribution >= 0.6 is 0 Å². The summed E-state index contributed by atoms with van der Waals surface area (Å²) >= 11 is 0. The van der Waals surface area contributed by atoms with Crippen LogP contribution in [0.5, 0.6) is 0 Å². The molecule has 4 rings (SSSR count). The van der Waals surface area contributed by atoms with Gasteiger partial charge in [0.25, 0.3) is 5.56 Å². The fourth-order valence-electron chi connectivity index (χ4n) is 7.04. The van der Waals surface area contributed by atoms with Gasteiger partial charge in [-0.3, -0.25) is 14.4 Å². The molecular formula is C40H46F8N2O4. The number of Topliss-reactive ketones (excluding diaryl/α,β-unsaturated/α-hetero) is 1. The van der Waals surface area contributed by atoms with Crippen LogP contribution in [0.25, 0.3) is 11.1 Å². The largest absolute Gasteiger partial charge is 0.466 e. The lowest BCUT2D eigenvalue weighted by molar-refractivity contribution is -0.143. The molecule has 0 aliphatic heterocycles. The number of hydrogen-bond donors (Lipinski definition) is 0. The average molecular weight is 771 g/mol. The van der Waals surface area contributed by atoms with E-state index >= 15 is 8.78 Å². The Morgan fingerprint density at radius 2 is 1.50 bits per heavy atom. The minimum atomic E-state index is -5.31.